The maximum atomic E-state index is 4.91. The first-order chi connectivity index (χ1) is 3.33. The first-order valence-electron chi connectivity index (χ1n) is 2.21. The second-order valence-corrected chi connectivity index (χ2v) is 0.933. The van der Waals surface area contributed by atoms with E-state index in [9.17, 15) is 0 Å². The van der Waals surface area contributed by atoms with Crippen molar-refractivity contribution in [2.24, 2.45) is 5.73 Å². The first kappa shape index (κ1) is 15.6. The highest BCUT2D eigenvalue weighted by atomic mass is 35.5. The van der Waals surface area contributed by atoms with Gasteiger partial charge in [-0.05, 0) is 6.92 Å². The van der Waals surface area contributed by atoms with Crippen molar-refractivity contribution in [1.82, 2.24) is 0 Å². The van der Waals surface area contributed by atoms with Crippen LogP contribution in [0, 0.1) is 0 Å². The molecule has 0 atom stereocenters. The van der Waals surface area contributed by atoms with Gasteiger partial charge in [-0.3, -0.25) is 0 Å². The average molecular weight is 136 g/mol. The highest BCUT2D eigenvalue weighted by molar-refractivity contribution is 5.85. The van der Waals surface area contributed by atoms with Crippen LogP contribution in [0.3, 0.4) is 0 Å². The Hall–Kier alpha value is -0.270. The average Bonchev–Trinajstić information content (AvgIpc) is 1.69. The van der Waals surface area contributed by atoms with E-state index >= 15 is 0 Å². The minimum absolute atomic E-state index is 0. The molecule has 1 nitrogen and oxygen atoms in total. The summed E-state index contributed by atoms with van der Waals surface area (Å²) in [5.74, 6) is 0. The van der Waals surface area contributed by atoms with Crippen molar-refractivity contribution < 1.29 is 0 Å². The molecular formula is C6H14ClN. The van der Waals surface area contributed by atoms with Crippen molar-refractivity contribution in [2.75, 3.05) is 6.54 Å². The van der Waals surface area contributed by atoms with Crippen molar-refractivity contribution in [3.8, 4) is 0 Å². The fourth-order valence-corrected chi connectivity index (χ4v) is 0. The van der Waals surface area contributed by atoms with E-state index in [1.54, 1.807) is 12.2 Å². The van der Waals surface area contributed by atoms with Crippen LogP contribution in [0.4, 0.5) is 0 Å². The highest BCUT2D eigenvalue weighted by Gasteiger charge is 1.43. The van der Waals surface area contributed by atoms with Gasteiger partial charge in [-0.15, -0.1) is 25.6 Å². The Morgan fingerprint density at radius 3 is 1.62 bits per heavy atom. The summed E-state index contributed by atoms with van der Waals surface area (Å²) in [4.78, 5) is 0. The van der Waals surface area contributed by atoms with E-state index in [1.165, 1.54) is 0 Å². The lowest BCUT2D eigenvalue weighted by Crippen LogP contribution is -1.90. The van der Waals surface area contributed by atoms with Crippen LogP contribution in [0.1, 0.15) is 6.92 Å². The van der Waals surface area contributed by atoms with Crippen LogP contribution in [0.25, 0.3) is 0 Å². The molecule has 0 aromatic rings. The topological polar surface area (TPSA) is 26.0 Å². The fourth-order valence-electron chi connectivity index (χ4n) is 0. The monoisotopic (exact) mass is 135 g/mol. The molecule has 0 aliphatic carbocycles. The second-order valence-electron chi connectivity index (χ2n) is 0.933. The summed E-state index contributed by atoms with van der Waals surface area (Å²) < 4.78 is 0. The lowest BCUT2D eigenvalue weighted by Gasteiger charge is -1.61. The number of rotatable bonds is 1. The van der Waals surface area contributed by atoms with Gasteiger partial charge in [0.25, 0.3) is 0 Å². The summed E-state index contributed by atoms with van der Waals surface area (Å²) in [5.41, 5.74) is 4.91. The van der Waals surface area contributed by atoms with Gasteiger partial charge in [0.1, 0.15) is 0 Å². The van der Waals surface area contributed by atoms with Crippen LogP contribution in [0.5, 0.6) is 0 Å². The highest BCUT2D eigenvalue weighted by Crippen LogP contribution is 1.40. The van der Waals surface area contributed by atoms with Gasteiger partial charge in [0.05, 0.1) is 0 Å². The minimum atomic E-state index is 0. The number of halogens is 1. The Balaban J connectivity index is -0.0000000575. The third-order valence-electron chi connectivity index (χ3n) is 0.167. The maximum Gasteiger partial charge on any atom is 0.0104 e. The van der Waals surface area contributed by atoms with Crippen molar-refractivity contribution in [3.05, 3.63) is 25.3 Å². The van der Waals surface area contributed by atoms with Crippen LogP contribution >= 0.6 is 12.4 Å². The molecule has 0 bridgehead atoms. The van der Waals surface area contributed by atoms with E-state index < -0.39 is 0 Å². The molecule has 0 aromatic heterocycles. The van der Waals surface area contributed by atoms with E-state index in [4.69, 9.17) is 5.73 Å². The normalized spacial score (nSPS) is 4.75. The van der Waals surface area contributed by atoms with E-state index in [-0.39, 0.29) is 12.4 Å². The van der Waals surface area contributed by atoms with Gasteiger partial charge in [0.15, 0.2) is 0 Å². The minimum Gasteiger partial charge on any atom is -0.327 e. The number of hydrogen-bond donors (Lipinski definition) is 1. The standard InChI is InChI=1S/C3H7N.C3H6.ClH/c1-2-3-4;1-3-2;/h2H,1,3-4H2;3H,1H2,2H3;1H. The summed E-state index contributed by atoms with van der Waals surface area (Å²) in [6, 6.07) is 0. The Labute approximate surface area is 57.7 Å². The van der Waals surface area contributed by atoms with Crippen molar-refractivity contribution >= 4 is 12.4 Å². The van der Waals surface area contributed by atoms with E-state index in [1.807, 2.05) is 6.92 Å². The summed E-state index contributed by atoms with van der Waals surface area (Å²) in [5, 5.41) is 0. The maximum absolute atomic E-state index is 4.91. The van der Waals surface area contributed by atoms with E-state index in [0.29, 0.717) is 6.54 Å². The zero-order valence-electron chi connectivity index (χ0n) is 5.26. The molecule has 0 heterocycles. The van der Waals surface area contributed by atoms with Gasteiger partial charge in [-0.25, -0.2) is 0 Å². The largest absolute Gasteiger partial charge is 0.327 e. The van der Waals surface area contributed by atoms with Crippen molar-refractivity contribution in [3.63, 3.8) is 0 Å². The predicted molar refractivity (Wildman–Crippen MR) is 42.4 cm³/mol. The molecule has 0 amide bonds. The van der Waals surface area contributed by atoms with Crippen molar-refractivity contribution in [2.45, 2.75) is 6.92 Å². The van der Waals surface area contributed by atoms with Crippen LogP contribution in [0.2, 0.25) is 0 Å². The van der Waals surface area contributed by atoms with Crippen LogP contribution in [-0.4, -0.2) is 6.54 Å². The lowest BCUT2D eigenvalue weighted by atomic mass is 10.7. The van der Waals surface area contributed by atoms with Gasteiger partial charge in [-0.1, -0.05) is 12.2 Å². The van der Waals surface area contributed by atoms with E-state index in [0.717, 1.165) is 0 Å². The molecular weight excluding hydrogens is 122 g/mol. The number of nitrogens with two attached hydrogens (primary N) is 1. The molecule has 0 fully saturated rings. The Kier molecular flexibility index (Phi) is 58.0. The molecule has 0 unspecified atom stereocenters. The van der Waals surface area contributed by atoms with Crippen LogP contribution in [0.15, 0.2) is 25.3 Å². The summed E-state index contributed by atoms with van der Waals surface area (Å²) in [7, 11) is 0. The molecule has 0 radical (unpaired) electrons. The zero-order chi connectivity index (χ0) is 6.12. The summed E-state index contributed by atoms with van der Waals surface area (Å²) >= 11 is 0. The number of allylic oxidation sites excluding steroid dienone is 1. The van der Waals surface area contributed by atoms with Gasteiger partial charge in [0.2, 0.25) is 0 Å². The first-order valence-corrected chi connectivity index (χ1v) is 2.21. The third-order valence-corrected chi connectivity index (χ3v) is 0.167. The molecule has 0 saturated carbocycles. The van der Waals surface area contributed by atoms with E-state index in [2.05, 4.69) is 13.2 Å². The quantitative estimate of drug-likeness (QED) is 0.545. The molecule has 2 heteroatoms. The molecule has 0 aliphatic heterocycles. The molecule has 0 spiro atoms. The molecule has 0 aliphatic rings. The SMILES string of the molecule is C=CC.C=CCN.Cl. The molecule has 0 rings (SSSR count). The molecule has 0 aromatic carbocycles. The summed E-state index contributed by atoms with van der Waals surface area (Å²) in [6.07, 6.45) is 3.40. The Morgan fingerprint density at radius 1 is 1.50 bits per heavy atom. The van der Waals surface area contributed by atoms with Crippen LogP contribution < -0.4 is 5.73 Å². The number of hydrogen-bond acceptors (Lipinski definition) is 1. The van der Waals surface area contributed by atoms with Crippen LogP contribution in [-0.2, 0) is 0 Å². The second kappa shape index (κ2) is 29.6. The lowest BCUT2D eigenvalue weighted by molar-refractivity contribution is 1.26. The molecule has 8 heavy (non-hydrogen) atoms. The Bertz CT molecular complexity index is 43.8. The molecule has 50 valence electrons. The summed E-state index contributed by atoms with van der Waals surface area (Å²) in [6.45, 7) is 9.19. The smallest absolute Gasteiger partial charge is 0.0104 e. The zero-order valence-corrected chi connectivity index (χ0v) is 6.08. The van der Waals surface area contributed by atoms with Crippen molar-refractivity contribution in [1.29, 1.82) is 0 Å². The van der Waals surface area contributed by atoms with Gasteiger partial charge in [-0.2, -0.15) is 0 Å². The Morgan fingerprint density at radius 2 is 1.62 bits per heavy atom. The van der Waals surface area contributed by atoms with Gasteiger partial charge in [0, 0.05) is 6.54 Å². The fraction of sp³-hybridized carbons (Fsp3) is 0.333. The molecule has 2 N–H and O–H groups in total. The molecule has 0 saturated heterocycles. The van der Waals surface area contributed by atoms with Gasteiger partial charge < -0.3 is 5.73 Å². The van der Waals surface area contributed by atoms with Gasteiger partial charge >= 0.3 is 0 Å². The third kappa shape index (κ3) is 241. The predicted octanol–water partition coefficient (Wildman–Crippen LogP) is 1.75.